The molecule has 29 heavy (non-hydrogen) atoms. The third-order valence-corrected chi connectivity index (χ3v) is 7.62. The summed E-state index contributed by atoms with van der Waals surface area (Å²) in [5, 5.41) is 2.96. The van der Waals surface area contributed by atoms with E-state index in [9.17, 15) is 13.2 Å². The molecule has 7 heteroatoms. The van der Waals surface area contributed by atoms with Crippen molar-refractivity contribution in [3.8, 4) is 0 Å². The third-order valence-electron chi connectivity index (χ3n) is 5.74. The van der Waals surface area contributed by atoms with E-state index in [-0.39, 0.29) is 23.3 Å². The zero-order chi connectivity index (χ0) is 20.3. The standard InChI is InChI=1S/C22H27N3O3S/c26-22(23-19-10-12-20(13-11-19)24-14-4-5-15-24)18-7-6-16-25(17-18)29(27,28)21-8-2-1-3-9-21/h1-3,8-13,18H,4-7,14-17H2,(H,23,26)/t18-/m0/s1. The second-order valence-corrected chi connectivity index (χ2v) is 9.68. The summed E-state index contributed by atoms with van der Waals surface area (Å²) in [6.07, 6.45) is 3.82. The van der Waals surface area contributed by atoms with Crippen LogP contribution in [0.2, 0.25) is 0 Å². The van der Waals surface area contributed by atoms with Crippen molar-refractivity contribution in [2.45, 2.75) is 30.6 Å². The number of hydrogen-bond acceptors (Lipinski definition) is 4. The highest BCUT2D eigenvalue weighted by Gasteiger charge is 2.33. The minimum absolute atomic E-state index is 0.119. The van der Waals surface area contributed by atoms with E-state index in [1.54, 1.807) is 30.3 Å². The van der Waals surface area contributed by atoms with Gasteiger partial charge in [-0.3, -0.25) is 4.79 Å². The van der Waals surface area contributed by atoms with E-state index >= 15 is 0 Å². The van der Waals surface area contributed by atoms with Crippen molar-refractivity contribution in [2.75, 3.05) is 36.4 Å². The maximum Gasteiger partial charge on any atom is 0.243 e. The highest BCUT2D eigenvalue weighted by atomic mass is 32.2. The van der Waals surface area contributed by atoms with Gasteiger partial charge in [-0.05, 0) is 62.1 Å². The number of amides is 1. The molecule has 2 aliphatic heterocycles. The van der Waals surface area contributed by atoms with Crippen molar-refractivity contribution < 1.29 is 13.2 Å². The summed E-state index contributed by atoms with van der Waals surface area (Å²) in [5.74, 6) is -0.465. The topological polar surface area (TPSA) is 69.7 Å². The van der Waals surface area contributed by atoms with Crippen molar-refractivity contribution in [1.82, 2.24) is 4.31 Å². The number of carbonyl (C=O) groups is 1. The Hall–Kier alpha value is -2.38. The Morgan fingerprint density at radius 3 is 2.28 bits per heavy atom. The Morgan fingerprint density at radius 2 is 1.59 bits per heavy atom. The average molecular weight is 414 g/mol. The number of carbonyl (C=O) groups excluding carboxylic acids is 1. The number of hydrogen-bond donors (Lipinski definition) is 1. The Kier molecular flexibility index (Phi) is 5.87. The summed E-state index contributed by atoms with van der Waals surface area (Å²) < 4.78 is 27.2. The van der Waals surface area contributed by atoms with Crippen LogP contribution >= 0.6 is 0 Å². The van der Waals surface area contributed by atoms with E-state index in [2.05, 4.69) is 10.2 Å². The van der Waals surface area contributed by atoms with Gasteiger partial charge in [-0.1, -0.05) is 18.2 Å². The highest BCUT2D eigenvalue weighted by molar-refractivity contribution is 7.89. The van der Waals surface area contributed by atoms with Crippen molar-refractivity contribution >= 4 is 27.3 Å². The highest BCUT2D eigenvalue weighted by Crippen LogP contribution is 2.26. The molecule has 0 spiro atoms. The van der Waals surface area contributed by atoms with Crippen LogP contribution < -0.4 is 10.2 Å². The minimum Gasteiger partial charge on any atom is -0.372 e. The van der Waals surface area contributed by atoms with E-state index in [0.717, 1.165) is 18.8 Å². The fourth-order valence-corrected chi connectivity index (χ4v) is 5.64. The summed E-state index contributed by atoms with van der Waals surface area (Å²) in [7, 11) is -3.57. The summed E-state index contributed by atoms with van der Waals surface area (Å²) in [6, 6.07) is 16.3. The SMILES string of the molecule is O=C(Nc1ccc(N2CCCC2)cc1)[C@H]1CCCN(S(=O)(=O)c2ccccc2)C1. The third kappa shape index (κ3) is 4.46. The maximum atomic E-state index is 12.9. The second kappa shape index (κ2) is 8.55. The lowest BCUT2D eigenvalue weighted by Gasteiger charge is -2.31. The van der Waals surface area contributed by atoms with Gasteiger partial charge in [0.15, 0.2) is 0 Å². The molecule has 2 fully saturated rings. The van der Waals surface area contributed by atoms with Gasteiger partial charge in [-0.15, -0.1) is 0 Å². The molecule has 2 aromatic rings. The van der Waals surface area contributed by atoms with Crippen molar-refractivity contribution in [1.29, 1.82) is 0 Å². The van der Waals surface area contributed by atoms with Crippen LogP contribution in [0.15, 0.2) is 59.5 Å². The van der Waals surface area contributed by atoms with Gasteiger partial charge in [0.1, 0.15) is 0 Å². The van der Waals surface area contributed by atoms with Crippen LogP contribution in [0.1, 0.15) is 25.7 Å². The lowest BCUT2D eigenvalue weighted by atomic mass is 9.98. The van der Waals surface area contributed by atoms with E-state index in [1.165, 1.54) is 22.8 Å². The number of sulfonamides is 1. The van der Waals surface area contributed by atoms with Crippen LogP contribution in [-0.2, 0) is 14.8 Å². The fourth-order valence-electron chi connectivity index (χ4n) is 4.09. The number of piperidine rings is 1. The van der Waals surface area contributed by atoms with E-state index < -0.39 is 10.0 Å². The largest absolute Gasteiger partial charge is 0.372 e. The molecule has 0 unspecified atom stereocenters. The van der Waals surface area contributed by atoms with Gasteiger partial charge in [-0.25, -0.2) is 8.42 Å². The predicted molar refractivity (Wildman–Crippen MR) is 114 cm³/mol. The van der Waals surface area contributed by atoms with Gasteiger partial charge < -0.3 is 10.2 Å². The van der Waals surface area contributed by atoms with Crippen molar-refractivity contribution in [3.05, 3.63) is 54.6 Å². The second-order valence-electron chi connectivity index (χ2n) is 7.75. The Bertz CT molecular complexity index is 939. The maximum absolute atomic E-state index is 12.9. The fraction of sp³-hybridized carbons (Fsp3) is 0.409. The first-order valence-corrected chi connectivity index (χ1v) is 11.7. The molecule has 1 amide bonds. The minimum atomic E-state index is -3.57. The molecular formula is C22H27N3O3S. The molecule has 2 saturated heterocycles. The molecule has 154 valence electrons. The summed E-state index contributed by atoms with van der Waals surface area (Å²) in [6.45, 7) is 2.83. The lowest BCUT2D eigenvalue weighted by molar-refractivity contribution is -0.120. The number of nitrogens with one attached hydrogen (secondary N) is 1. The van der Waals surface area contributed by atoms with Crippen LogP contribution in [0.5, 0.6) is 0 Å². The van der Waals surface area contributed by atoms with Gasteiger partial charge in [0, 0.05) is 37.6 Å². The zero-order valence-corrected chi connectivity index (χ0v) is 17.3. The first-order valence-electron chi connectivity index (χ1n) is 10.2. The molecule has 2 aliphatic rings. The molecule has 2 heterocycles. The molecule has 0 radical (unpaired) electrons. The van der Waals surface area contributed by atoms with E-state index in [1.807, 2.05) is 24.3 Å². The Labute approximate surface area is 172 Å². The Morgan fingerprint density at radius 1 is 0.897 bits per heavy atom. The molecule has 4 rings (SSSR count). The smallest absolute Gasteiger partial charge is 0.243 e. The Balaban J connectivity index is 1.40. The van der Waals surface area contributed by atoms with Crippen LogP contribution in [-0.4, -0.2) is 44.8 Å². The average Bonchev–Trinajstić information content (AvgIpc) is 3.30. The monoisotopic (exact) mass is 413 g/mol. The number of anilines is 2. The van der Waals surface area contributed by atoms with Gasteiger partial charge in [-0.2, -0.15) is 4.31 Å². The quantitative estimate of drug-likeness (QED) is 0.816. The predicted octanol–water partition coefficient (Wildman–Crippen LogP) is 3.33. The summed E-state index contributed by atoms with van der Waals surface area (Å²) >= 11 is 0. The number of rotatable bonds is 5. The molecule has 1 atom stereocenters. The van der Waals surface area contributed by atoms with Gasteiger partial charge in [0.2, 0.25) is 15.9 Å². The van der Waals surface area contributed by atoms with E-state index in [0.29, 0.717) is 19.4 Å². The first-order chi connectivity index (χ1) is 14.0. The molecule has 1 N–H and O–H groups in total. The molecule has 0 saturated carbocycles. The van der Waals surface area contributed by atoms with Crippen LogP contribution in [0, 0.1) is 5.92 Å². The summed E-state index contributed by atoms with van der Waals surface area (Å²) in [5.41, 5.74) is 1.93. The van der Waals surface area contributed by atoms with Crippen LogP contribution in [0.25, 0.3) is 0 Å². The number of nitrogens with zero attached hydrogens (tertiary/aromatic N) is 2. The van der Waals surface area contributed by atoms with E-state index in [4.69, 9.17) is 0 Å². The first kappa shape index (κ1) is 19.9. The molecule has 0 aliphatic carbocycles. The van der Waals surface area contributed by atoms with Crippen molar-refractivity contribution in [2.24, 2.45) is 5.92 Å². The normalized spacial score (nSPS) is 20.6. The van der Waals surface area contributed by atoms with Crippen molar-refractivity contribution in [3.63, 3.8) is 0 Å². The molecular weight excluding hydrogens is 386 g/mol. The molecule has 0 aromatic heterocycles. The van der Waals surface area contributed by atoms with Gasteiger partial charge >= 0.3 is 0 Å². The lowest BCUT2D eigenvalue weighted by Crippen LogP contribution is -2.43. The molecule has 0 bridgehead atoms. The zero-order valence-electron chi connectivity index (χ0n) is 16.5. The van der Waals surface area contributed by atoms with Crippen LogP contribution in [0.3, 0.4) is 0 Å². The molecule has 2 aromatic carbocycles. The summed E-state index contributed by atoms with van der Waals surface area (Å²) in [4.78, 5) is 15.4. The van der Waals surface area contributed by atoms with Crippen LogP contribution in [0.4, 0.5) is 11.4 Å². The van der Waals surface area contributed by atoms with Gasteiger partial charge in [0.25, 0.3) is 0 Å². The molecule has 6 nitrogen and oxygen atoms in total. The van der Waals surface area contributed by atoms with Gasteiger partial charge in [0.05, 0.1) is 10.8 Å². The number of benzene rings is 2.